The van der Waals surface area contributed by atoms with Crippen LogP contribution in [0, 0.1) is 24.7 Å². The first kappa shape index (κ1) is 15.3. The van der Waals surface area contributed by atoms with Gasteiger partial charge in [0.05, 0.1) is 6.61 Å². The van der Waals surface area contributed by atoms with Crippen LogP contribution in [-0.2, 0) is 4.79 Å². The van der Waals surface area contributed by atoms with Gasteiger partial charge in [0.1, 0.15) is 0 Å². The van der Waals surface area contributed by atoms with Gasteiger partial charge in [-0.3, -0.25) is 4.79 Å². The molecule has 0 aromatic heterocycles. The normalized spacial score (nSPS) is 11.4. The zero-order valence-electron chi connectivity index (χ0n) is 11.8. The molecule has 0 radical (unpaired) electrons. The molecule has 1 unspecified atom stereocenters. The van der Waals surface area contributed by atoms with Crippen molar-refractivity contribution in [2.45, 2.75) is 33.6 Å². The first-order chi connectivity index (χ1) is 9.08. The summed E-state index contributed by atoms with van der Waals surface area (Å²) >= 11 is 0. The number of hydrogen-bond acceptors (Lipinski definition) is 2. The molecule has 1 aromatic carbocycles. The molecule has 102 valence electrons. The Morgan fingerprint density at radius 3 is 2.79 bits per heavy atom. The highest BCUT2D eigenvalue weighted by Crippen LogP contribution is 2.17. The van der Waals surface area contributed by atoms with Gasteiger partial charge in [0, 0.05) is 23.6 Å². The molecule has 3 nitrogen and oxygen atoms in total. The van der Waals surface area contributed by atoms with Crippen LogP contribution in [0.15, 0.2) is 18.2 Å². The number of benzene rings is 1. The minimum atomic E-state index is 0.0171. The highest BCUT2D eigenvalue weighted by atomic mass is 16.2. The number of amides is 1. The molecule has 1 aromatic rings. The van der Waals surface area contributed by atoms with Crippen molar-refractivity contribution in [3.05, 3.63) is 29.3 Å². The first-order valence-corrected chi connectivity index (χ1v) is 6.59. The number of nitrogens with one attached hydrogen (secondary N) is 1. The van der Waals surface area contributed by atoms with Gasteiger partial charge in [0.15, 0.2) is 0 Å². The number of carbonyl (C=O) groups is 1. The summed E-state index contributed by atoms with van der Waals surface area (Å²) in [5.41, 5.74) is 2.72. The Morgan fingerprint density at radius 2 is 2.21 bits per heavy atom. The molecule has 2 N–H and O–H groups in total. The number of carbonyl (C=O) groups excluding carboxylic acids is 1. The molecular formula is C16H21NO2. The van der Waals surface area contributed by atoms with E-state index in [1.165, 1.54) is 0 Å². The Bertz CT molecular complexity index is 497. The number of anilines is 1. The predicted octanol–water partition coefficient (Wildman–Crippen LogP) is 2.71. The topological polar surface area (TPSA) is 49.3 Å². The fourth-order valence-corrected chi connectivity index (χ4v) is 1.54. The number of aliphatic hydroxyl groups is 1. The van der Waals surface area contributed by atoms with Gasteiger partial charge in [0.2, 0.25) is 5.91 Å². The van der Waals surface area contributed by atoms with Crippen LogP contribution >= 0.6 is 0 Å². The maximum atomic E-state index is 11.8. The van der Waals surface area contributed by atoms with E-state index in [0.29, 0.717) is 6.42 Å². The summed E-state index contributed by atoms with van der Waals surface area (Å²) in [5.74, 6) is 5.92. The van der Waals surface area contributed by atoms with Crippen LogP contribution in [0.2, 0.25) is 0 Å². The smallest absolute Gasteiger partial charge is 0.227 e. The summed E-state index contributed by atoms with van der Waals surface area (Å²) in [6.45, 7) is 5.94. The predicted molar refractivity (Wildman–Crippen MR) is 77.8 cm³/mol. The highest BCUT2D eigenvalue weighted by Gasteiger charge is 2.11. The van der Waals surface area contributed by atoms with Gasteiger partial charge in [-0.15, -0.1) is 0 Å². The van der Waals surface area contributed by atoms with Crippen molar-refractivity contribution in [1.29, 1.82) is 0 Å². The monoisotopic (exact) mass is 259 g/mol. The van der Waals surface area contributed by atoms with E-state index in [1.54, 1.807) is 0 Å². The molecule has 0 fully saturated rings. The van der Waals surface area contributed by atoms with Crippen LogP contribution in [0.5, 0.6) is 0 Å². The molecule has 0 bridgehead atoms. The van der Waals surface area contributed by atoms with Crippen molar-refractivity contribution in [2.75, 3.05) is 11.9 Å². The molecule has 1 amide bonds. The Balaban J connectivity index is 2.78. The van der Waals surface area contributed by atoms with Gasteiger partial charge in [-0.2, -0.15) is 0 Å². The first-order valence-electron chi connectivity index (χ1n) is 6.59. The van der Waals surface area contributed by atoms with E-state index < -0.39 is 0 Å². The highest BCUT2D eigenvalue weighted by molar-refractivity contribution is 5.93. The summed E-state index contributed by atoms with van der Waals surface area (Å²) in [4.78, 5) is 11.8. The quantitative estimate of drug-likeness (QED) is 0.817. The van der Waals surface area contributed by atoms with Crippen LogP contribution in [0.4, 0.5) is 5.69 Å². The van der Waals surface area contributed by atoms with Crippen LogP contribution in [0.3, 0.4) is 0 Å². The zero-order chi connectivity index (χ0) is 14.3. The Kier molecular flexibility index (Phi) is 6.11. The van der Waals surface area contributed by atoms with Crippen molar-refractivity contribution < 1.29 is 9.90 Å². The lowest BCUT2D eigenvalue weighted by atomic mass is 10.1. The molecule has 3 heteroatoms. The minimum absolute atomic E-state index is 0.0171. The average molecular weight is 259 g/mol. The molecule has 0 heterocycles. The molecule has 1 rings (SSSR count). The molecular weight excluding hydrogens is 238 g/mol. The Morgan fingerprint density at radius 1 is 1.47 bits per heavy atom. The SMILES string of the molecule is CCC(C)C(=O)Nc1ccc(C#CCCO)cc1C. The van der Waals surface area contributed by atoms with Crippen LogP contribution < -0.4 is 5.32 Å². The third-order valence-electron chi connectivity index (χ3n) is 3.01. The van der Waals surface area contributed by atoms with Crippen molar-refractivity contribution in [2.24, 2.45) is 5.92 Å². The number of hydrogen-bond donors (Lipinski definition) is 2. The summed E-state index contributed by atoms with van der Waals surface area (Å²) < 4.78 is 0. The second kappa shape index (κ2) is 7.60. The molecule has 0 saturated carbocycles. The maximum Gasteiger partial charge on any atom is 0.227 e. The van der Waals surface area contributed by atoms with Gasteiger partial charge in [-0.05, 0) is 37.1 Å². The van der Waals surface area contributed by atoms with E-state index in [9.17, 15) is 4.79 Å². The van der Waals surface area contributed by atoms with E-state index >= 15 is 0 Å². The largest absolute Gasteiger partial charge is 0.395 e. The average Bonchev–Trinajstić information content (AvgIpc) is 2.41. The lowest BCUT2D eigenvalue weighted by molar-refractivity contribution is -0.119. The van der Waals surface area contributed by atoms with E-state index in [0.717, 1.165) is 23.2 Å². The maximum absolute atomic E-state index is 11.8. The third-order valence-corrected chi connectivity index (χ3v) is 3.01. The number of aliphatic hydroxyl groups excluding tert-OH is 1. The molecule has 0 aliphatic heterocycles. The standard InChI is InChI=1S/C16H21NO2/c1-4-12(2)16(19)17-15-9-8-14(11-13(15)3)7-5-6-10-18/h8-9,11-12,18H,4,6,10H2,1-3H3,(H,17,19). The summed E-state index contributed by atoms with van der Waals surface area (Å²) in [6, 6.07) is 5.69. The molecule has 1 atom stereocenters. The van der Waals surface area contributed by atoms with Crippen molar-refractivity contribution in [3.8, 4) is 11.8 Å². The van der Waals surface area contributed by atoms with E-state index in [-0.39, 0.29) is 18.4 Å². The second-order valence-electron chi connectivity index (χ2n) is 4.60. The van der Waals surface area contributed by atoms with E-state index in [2.05, 4.69) is 17.2 Å². The second-order valence-corrected chi connectivity index (χ2v) is 4.60. The minimum Gasteiger partial charge on any atom is -0.395 e. The van der Waals surface area contributed by atoms with Gasteiger partial charge in [-0.25, -0.2) is 0 Å². The molecule has 0 aliphatic rings. The van der Waals surface area contributed by atoms with Crippen LogP contribution in [0.1, 0.15) is 37.8 Å². The number of rotatable bonds is 4. The number of aryl methyl sites for hydroxylation is 1. The van der Waals surface area contributed by atoms with Gasteiger partial charge >= 0.3 is 0 Å². The van der Waals surface area contributed by atoms with Gasteiger partial charge < -0.3 is 10.4 Å². The summed E-state index contributed by atoms with van der Waals surface area (Å²) in [7, 11) is 0. The Labute approximate surface area is 115 Å². The fraction of sp³-hybridized carbons (Fsp3) is 0.438. The Hall–Kier alpha value is -1.79. The molecule has 0 aliphatic carbocycles. The van der Waals surface area contributed by atoms with E-state index in [4.69, 9.17) is 5.11 Å². The lowest BCUT2D eigenvalue weighted by Crippen LogP contribution is -2.20. The van der Waals surface area contributed by atoms with Gasteiger partial charge in [0.25, 0.3) is 0 Å². The summed E-state index contributed by atoms with van der Waals surface area (Å²) in [5, 5.41) is 11.6. The third kappa shape index (κ3) is 4.76. The van der Waals surface area contributed by atoms with Gasteiger partial charge in [-0.1, -0.05) is 25.7 Å². The van der Waals surface area contributed by atoms with Crippen molar-refractivity contribution in [1.82, 2.24) is 0 Å². The summed E-state index contributed by atoms with van der Waals surface area (Å²) in [6.07, 6.45) is 1.31. The molecule has 0 saturated heterocycles. The van der Waals surface area contributed by atoms with E-state index in [1.807, 2.05) is 39.0 Å². The van der Waals surface area contributed by atoms with Crippen LogP contribution in [0.25, 0.3) is 0 Å². The lowest BCUT2D eigenvalue weighted by Gasteiger charge is -2.12. The fourth-order valence-electron chi connectivity index (χ4n) is 1.54. The molecule has 19 heavy (non-hydrogen) atoms. The van der Waals surface area contributed by atoms with Crippen LogP contribution in [-0.4, -0.2) is 17.6 Å². The van der Waals surface area contributed by atoms with Crippen molar-refractivity contribution in [3.63, 3.8) is 0 Å². The molecule has 0 spiro atoms. The zero-order valence-corrected chi connectivity index (χ0v) is 11.8. The van der Waals surface area contributed by atoms with Crippen molar-refractivity contribution >= 4 is 11.6 Å².